The maximum absolute atomic E-state index is 5.99. The fraction of sp³-hybridized carbons (Fsp3) is 0.308. The summed E-state index contributed by atoms with van der Waals surface area (Å²) in [5, 5.41) is 0. The molecule has 5 heteroatoms. The smallest absolute Gasteiger partial charge is 0.131 e. The SMILES string of the molecule is CCCn1ccnc1C(NN)c1ccccc1N. The van der Waals surface area contributed by atoms with Gasteiger partial charge in [0.2, 0.25) is 0 Å². The lowest BCUT2D eigenvalue weighted by atomic mass is 10.0. The van der Waals surface area contributed by atoms with Gasteiger partial charge in [-0.05, 0) is 12.5 Å². The van der Waals surface area contributed by atoms with Crippen LogP contribution in [0.15, 0.2) is 36.7 Å². The number of hydrogen-bond donors (Lipinski definition) is 3. The molecule has 5 N–H and O–H groups in total. The quantitative estimate of drug-likeness (QED) is 0.423. The number of aryl methyl sites for hydroxylation is 1. The minimum atomic E-state index is -0.187. The van der Waals surface area contributed by atoms with Crippen molar-refractivity contribution in [3.05, 3.63) is 48.0 Å². The van der Waals surface area contributed by atoms with Gasteiger partial charge in [-0.2, -0.15) is 0 Å². The Kier molecular flexibility index (Phi) is 3.96. The summed E-state index contributed by atoms with van der Waals surface area (Å²) in [7, 11) is 0. The predicted octanol–water partition coefficient (Wildman–Crippen LogP) is 1.43. The molecular formula is C13H19N5. The average Bonchev–Trinajstić information content (AvgIpc) is 2.82. The van der Waals surface area contributed by atoms with Crippen LogP contribution >= 0.6 is 0 Å². The summed E-state index contributed by atoms with van der Waals surface area (Å²) >= 11 is 0. The molecule has 0 bridgehead atoms. The summed E-state index contributed by atoms with van der Waals surface area (Å²) in [5.41, 5.74) is 10.5. The van der Waals surface area contributed by atoms with Gasteiger partial charge in [-0.15, -0.1) is 0 Å². The highest BCUT2D eigenvalue weighted by atomic mass is 15.3. The molecule has 0 aliphatic carbocycles. The van der Waals surface area contributed by atoms with Crippen molar-refractivity contribution in [2.45, 2.75) is 25.9 Å². The van der Waals surface area contributed by atoms with Gasteiger partial charge in [0.25, 0.3) is 0 Å². The third-order valence-electron chi connectivity index (χ3n) is 2.94. The van der Waals surface area contributed by atoms with Crippen molar-refractivity contribution in [2.24, 2.45) is 5.84 Å². The second-order valence-electron chi connectivity index (χ2n) is 4.21. The van der Waals surface area contributed by atoms with Crippen molar-refractivity contribution < 1.29 is 0 Å². The second-order valence-corrected chi connectivity index (χ2v) is 4.21. The molecule has 0 saturated carbocycles. The van der Waals surface area contributed by atoms with Crippen molar-refractivity contribution in [1.29, 1.82) is 0 Å². The van der Waals surface area contributed by atoms with E-state index in [1.54, 1.807) is 6.20 Å². The van der Waals surface area contributed by atoms with Crippen molar-refractivity contribution in [3.63, 3.8) is 0 Å². The van der Waals surface area contributed by atoms with E-state index in [9.17, 15) is 0 Å². The van der Waals surface area contributed by atoms with Crippen LogP contribution in [-0.4, -0.2) is 9.55 Å². The summed E-state index contributed by atoms with van der Waals surface area (Å²) in [4.78, 5) is 4.39. The highest BCUT2D eigenvalue weighted by Crippen LogP contribution is 2.24. The average molecular weight is 245 g/mol. The van der Waals surface area contributed by atoms with Gasteiger partial charge >= 0.3 is 0 Å². The lowest BCUT2D eigenvalue weighted by Crippen LogP contribution is -2.31. The summed E-state index contributed by atoms with van der Waals surface area (Å²) in [5.74, 6) is 6.56. The Morgan fingerprint density at radius 2 is 2.17 bits per heavy atom. The zero-order valence-corrected chi connectivity index (χ0v) is 10.5. The minimum absolute atomic E-state index is 0.187. The normalized spacial score (nSPS) is 12.6. The lowest BCUT2D eigenvalue weighted by molar-refractivity contribution is 0.546. The molecule has 0 saturated heterocycles. The number of hydrazine groups is 1. The van der Waals surface area contributed by atoms with Crippen LogP contribution in [0.25, 0.3) is 0 Å². The van der Waals surface area contributed by atoms with Crippen LogP contribution in [0.2, 0.25) is 0 Å². The first-order valence-electron chi connectivity index (χ1n) is 6.09. The zero-order valence-electron chi connectivity index (χ0n) is 10.5. The molecule has 2 aromatic rings. The Balaban J connectivity index is 2.39. The van der Waals surface area contributed by atoms with Gasteiger partial charge in [0.05, 0.1) is 0 Å². The van der Waals surface area contributed by atoms with Crippen LogP contribution in [0.4, 0.5) is 5.69 Å². The first-order chi connectivity index (χ1) is 8.77. The predicted molar refractivity (Wildman–Crippen MR) is 72.5 cm³/mol. The first-order valence-corrected chi connectivity index (χ1v) is 6.09. The minimum Gasteiger partial charge on any atom is -0.398 e. The number of imidazole rings is 1. The molecule has 1 atom stereocenters. The molecule has 96 valence electrons. The van der Waals surface area contributed by atoms with Gasteiger partial charge in [0.1, 0.15) is 11.9 Å². The van der Waals surface area contributed by atoms with Gasteiger partial charge in [-0.3, -0.25) is 5.84 Å². The van der Waals surface area contributed by atoms with Crippen molar-refractivity contribution >= 4 is 5.69 Å². The molecule has 0 aliphatic heterocycles. The van der Waals surface area contributed by atoms with Crippen molar-refractivity contribution in [1.82, 2.24) is 15.0 Å². The Hall–Kier alpha value is -1.85. The fourth-order valence-electron chi connectivity index (χ4n) is 2.09. The van der Waals surface area contributed by atoms with Crippen LogP contribution in [-0.2, 0) is 6.54 Å². The molecular weight excluding hydrogens is 226 g/mol. The van der Waals surface area contributed by atoms with E-state index in [0.29, 0.717) is 5.69 Å². The number of nitrogen functional groups attached to an aromatic ring is 1. The molecule has 0 amide bonds. The monoisotopic (exact) mass is 245 g/mol. The molecule has 1 aromatic carbocycles. The van der Waals surface area contributed by atoms with E-state index in [4.69, 9.17) is 11.6 Å². The zero-order chi connectivity index (χ0) is 13.0. The van der Waals surface area contributed by atoms with E-state index in [2.05, 4.69) is 21.9 Å². The standard InChI is InChI=1S/C13H19N5/c1-2-8-18-9-7-16-13(18)12(17-15)10-5-3-4-6-11(10)14/h3-7,9,12,17H,2,8,14-15H2,1H3. The van der Waals surface area contributed by atoms with E-state index in [1.165, 1.54) is 0 Å². The van der Waals surface area contributed by atoms with Gasteiger partial charge in [0.15, 0.2) is 0 Å². The number of nitrogens with one attached hydrogen (secondary N) is 1. The van der Waals surface area contributed by atoms with E-state index in [-0.39, 0.29) is 6.04 Å². The van der Waals surface area contributed by atoms with Crippen LogP contribution in [0.1, 0.15) is 30.8 Å². The number of benzene rings is 1. The summed E-state index contributed by atoms with van der Waals surface area (Å²) in [6.07, 6.45) is 4.79. The number of anilines is 1. The molecule has 0 spiro atoms. The molecule has 0 aliphatic rings. The molecule has 1 unspecified atom stereocenters. The van der Waals surface area contributed by atoms with Gasteiger partial charge in [-0.1, -0.05) is 25.1 Å². The van der Waals surface area contributed by atoms with E-state index >= 15 is 0 Å². The highest BCUT2D eigenvalue weighted by molar-refractivity contribution is 5.49. The fourth-order valence-corrected chi connectivity index (χ4v) is 2.09. The van der Waals surface area contributed by atoms with Crippen molar-refractivity contribution in [2.75, 3.05) is 5.73 Å². The van der Waals surface area contributed by atoms with Gasteiger partial charge in [0, 0.05) is 30.2 Å². The number of nitrogens with two attached hydrogens (primary N) is 2. The first kappa shape index (κ1) is 12.6. The number of rotatable bonds is 5. The Morgan fingerprint density at radius 1 is 1.39 bits per heavy atom. The molecule has 0 radical (unpaired) electrons. The lowest BCUT2D eigenvalue weighted by Gasteiger charge is -2.19. The largest absolute Gasteiger partial charge is 0.398 e. The van der Waals surface area contributed by atoms with E-state index < -0.39 is 0 Å². The molecule has 1 heterocycles. The highest BCUT2D eigenvalue weighted by Gasteiger charge is 2.19. The topological polar surface area (TPSA) is 81.9 Å². The van der Waals surface area contributed by atoms with Gasteiger partial charge < -0.3 is 10.3 Å². The number of aromatic nitrogens is 2. The molecule has 0 fully saturated rings. The number of hydrogen-bond acceptors (Lipinski definition) is 4. The third kappa shape index (κ3) is 2.37. The Labute approximate surface area is 107 Å². The van der Waals surface area contributed by atoms with E-state index in [1.807, 2.05) is 30.5 Å². The van der Waals surface area contributed by atoms with Gasteiger partial charge in [-0.25, -0.2) is 10.4 Å². The maximum atomic E-state index is 5.99. The van der Waals surface area contributed by atoms with Crippen LogP contribution in [0.5, 0.6) is 0 Å². The Morgan fingerprint density at radius 3 is 2.83 bits per heavy atom. The number of nitrogens with zero attached hydrogens (tertiary/aromatic N) is 2. The Bertz CT molecular complexity index is 506. The third-order valence-corrected chi connectivity index (χ3v) is 2.94. The second kappa shape index (κ2) is 5.66. The van der Waals surface area contributed by atoms with Crippen LogP contribution in [0.3, 0.4) is 0 Å². The molecule has 2 rings (SSSR count). The van der Waals surface area contributed by atoms with Crippen molar-refractivity contribution in [3.8, 4) is 0 Å². The number of para-hydroxylation sites is 1. The summed E-state index contributed by atoms with van der Waals surface area (Å²) in [6, 6.07) is 7.50. The summed E-state index contributed by atoms with van der Waals surface area (Å²) in [6.45, 7) is 3.05. The molecule has 5 nitrogen and oxygen atoms in total. The van der Waals surface area contributed by atoms with E-state index in [0.717, 1.165) is 24.4 Å². The molecule has 1 aromatic heterocycles. The maximum Gasteiger partial charge on any atom is 0.131 e. The van der Waals surface area contributed by atoms with Crippen LogP contribution < -0.4 is 17.0 Å². The molecule has 18 heavy (non-hydrogen) atoms. The van der Waals surface area contributed by atoms with Crippen LogP contribution in [0, 0.1) is 0 Å². The summed E-state index contributed by atoms with van der Waals surface area (Å²) < 4.78 is 2.09.